The lowest BCUT2D eigenvalue weighted by atomic mass is 10.1. The number of benzene rings is 1. The van der Waals surface area contributed by atoms with Crippen LogP contribution < -0.4 is 14.2 Å². The number of hydrogen-bond acceptors (Lipinski definition) is 3. The Balaban J connectivity index is 3.32. The number of methoxy groups -OCH3 is 3. The molecule has 0 atom stereocenters. The van der Waals surface area contributed by atoms with Crippen molar-refractivity contribution in [1.82, 2.24) is 0 Å². The van der Waals surface area contributed by atoms with Crippen LogP contribution in [0.5, 0.6) is 17.2 Å². The smallest absolute Gasteiger partial charge is 0.271 e. The van der Waals surface area contributed by atoms with E-state index in [4.69, 9.17) is 14.2 Å². The van der Waals surface area contributed by atoms with Gasteiger partial charge in [0.1, 0.15) is 22.8 Å². The predicted molar refractivity (Wildman–Crippen MR) is 51.1 cm³/mol. The molecule has 0 saturated heterocycles. The lowest BCUT2D eigenvalue weighted by Crippen LogP contribution is -1.98. The SMILES string of the molecule is COc1cc(OC)c(C(F)F)c(OC)c1. The van der Waals surface area contributed by atoms with Crippen molar-refractivity contribution in [2.24, 2.45) is 0 Å². The lowest BCUT2D eigenvalue weighted by molar-refractivity contribution is 0.142. The molecule has 0 heterocycles. The summed E-state index contributed by atoms with van der Waals surface area (Å²) in [5.74, 6) is 0.524. The minimum Gasteiger partial charge on any atom is -0.496 e. The standard InChI is InChI=1S/C10H12F2O3/c1-13-6-4-7(14-2)9(10(11)12)8(5-6)15-3/h4-5,10H,1-3H3. The fourth-order valence-corrected chi connectivity index (χ4v) is 1.25. The highest BCUT2D eigenvalue weighted by Crippen LogP contribution is 2.40. The molecule has 3 nitrogen and oxygen atoms in total. The molecule has 84 valence electrons. The molecule has 0 aliphatic rings. The van der Waals surface area contributed by atoms with Crippen molar-refractivity contribution in [1.29, 1.82) is 0 Å². The number of rotatable bonds is 4. The van der Waals surface area contributed by atoms with Crippen molar-refractivity contribution in [3.8, 4) is 17.2 Å². The first-order valence-corrected chi connectivity index (χ1v) is 4.22. The first-order chi connectivity index (χ1) is 7.13. The molecule has 15 heavy (non-hydrogen) atoms. The maximum Gasteiger partial charge on any atom is 0.271 e. The molecule has 0 amide bonds. The van der Waals surface area contributed by atoms with Crippen LogP contribution in [0.2, 0.25) is 0 Å². The minimum absolute atomic E-state index is 0.0567. The Bertz CT molecular complexity index is 314. The van der Waals surface area contributed by atoms with E-state index in [1.807, 2.05) is 0 Å². The zero-order chi connectivity index (χ0) is 11.4. The van der Waals surface area contributed by atoms with Crippen LogP contribution in [0.1, 0.15) is 12.0 Å². The Labute approximate surface area is 86.6 Å². The van der Waals surface area contributed by atoms with E-state index in [1.54, 1.807) is 0 Å². The van der Waals surface area contributed by atoms with Gasteiger partial charge in [0, 0.05) is 12.1 Å². The van der Waals surface area contributed by atoms with Gasteiger partial charge in [-0.15, -0.1) is 0 Å². The van der Waals surface area contributed by atoms with Crippen molar-refractivity contribution in [3.63, 3.8) is 0 Å². The average molecular weight is 218 g/mol. The molecular formula is C10H12F2O3. The van der Waals surface area contributed by atoms with Crippen LogP contribution in [-0.2, 0) is 0 Å². The normalized spacial score (nSPS) is 10.3. The van der Waals surface area contributed by atoms with Crippen LogP contribution in [0.25, 0.3) is 0 Å². The van der Waals surface area contributed by atoms with Gasteiger partial charge >= 0.3 is 0 Å². The van der Waals surface area contributed by atoms with Crippen LogP contribution in [0, 0.1) is 0 Å². The fourth-order valence-electron chi connectivity index (χ4n) is 1.25. The van der Waals surface area contributed by atoms with Gasteiger partial charge in [0.2, 0.25) is 0 Å². The first kappa shape index (κ1) is 11.6. The summed E-state index contributed by atoms with van der Waals surface area (Å²) >= 11 is 0. The molecule has 0 spiro atoms. The summed E-state index contributed by atoms with van der Waals surface area (Å²) in [4.78, 5) is 0. The van der Waals surface area contributed by atoms with Crippen LogP contribution in [0.4, 0.5) is 8.78 Å². The minimum atomic E-state index is -2.65. The number of halogens is 2. The maximum absolute atomic E-state index is 12.7. The third kappa shape index (κ3) is 2.29. The second kappa shape index (κ2) is 4.82. The molecule has 0 bridgehead atoms. The summed E-state index contributed by atoms with van der Waals surface area (Å²) in [6, 6.07) is 2.79. The molecule has 1 aromatic carbocycles. The molecule has 0 saturated carbocycles. The van der Waals surface area contributed by atoms with Crippen molar-refractivity contribution in [2.75, 3.05) is 21.3 Å². The summed E-state index contributed by atoms with van der Waals surface area (Å²) in [6.07, 6.45) is -2.65. The van der Waals surface area contributed by atoms with Gasteiger partial charge in [-0.3, -0.25) is 0 Å². The van der Waals surface area contributed by atoms with Gasteiger partial charge in [-0.1, -0.05) is 0 Å². The Hall–Kier alpha value is -1.52. The topological polar surface area (TPSA) is 27.7 Å². The van der Waals surface area contributed by atoms with E-state index in [1.165, 1.54) is 33.5 Å². The molecular weight excluding hydrogens is 206 g/mol. The van der Waals surface area contributed by atoms with E-state index in [2.05, 4.69) is 0 Å². The second-order valence-corrected chi connectivity index (χ2v) is 2.75. The zero-order valence-electron chi connectivity index (χ0n) is 8.71. The fraction of sp³-hybridized carbons (Fsp3) is 0.400. The molecule has 0 aliphatic heterocycles. The van der Waals surface area contributed by atoms with E-state index >= 15 is 0 Å². The Morgan fingerprint density at radius 3 is 1.67 bits per heavy atom. The summed E-state index contributed by atoms with van der Waals surface area (Å²) in [5, 5.41) is 0. The highest BCUT2D eigenvalue weighted by atomic mass is 19.3. The molecule has 0 radical (unpaired) electrons. The highest BCUT2D eigenvalue weighted by Gasteiger charge is 2.21. The van der Waals surface area contributed by atoms with E-state index in [-0.39, 0.29) is 17.1 Å². The van der Waals surface area contributed by atoms with Crippen LogP contribution in [-0.4, -0.2) is 21.3 Å². The van der Waals surface area contributed by atoms with Gasteiger partial charge in [-0.25, -0.2) is 8.78 Å². The van der Waals surface area contributed by atoms with Crippen molar-refractivity contribution in [2.45, 2.75) is 6.43 Å². The molecule has 0 aliphatic carbocycles. The summed E-state index contributed by atoms with van der Waals surface area (Å²) in [5.41, 5.74) is -0.263. The highest BCUT2D eigenvalue weighted by molar-refractivity contribution is 5.51. The predicted octanol–water partition coefficient (Wildman–Crippen LogP) is 2.65. The molecule has 0 fully saturated rings. The van der Waals surface area contributed by atoms with E-state index in [0.29, 0.717) is 5.75 Å². The molecule has 1 aromatic rings. The van der Waals surface area contributed by atoms with Gasteiger partial charge in [0.05, 0.1) is 21.3 Å². The van der Waals surface area contributed by atoms with Gasteiger partial charge in [0.15, 0.2) is 0 Å². The monoisotopic (exact) mass is 218 g/mol. The summed E-state index contributed by atoms with van der Waals surface area (Å²) in [7, 11) is 4.08. The average Bonchev–Trinajstić information content (AvgIpc) is 2.26. The van der Waals surface area contributed by atoms with Crippen LogP contribution >= 0.6 is 0 Å². The number of hydrogen-bond donors (Lipinski definition) is 0. The van der Waals surface area contributed by atoms with Crippen molar-refractivity contribution < 1.29 is 23.0 Å². The van der Waals surface area contributed by atoms with Crippen molar-refractivity contribution >= 4 is 0 Å². The van der Waals surface area contributed by atoms with Gasteiger partial charge < -0.3 is 14.2 Å². The van der Waals surface area contributed by atoms with Gasteiger partial charge in [-0.05, 0) is 0 Å². The van der Waals surface area contributed by atoms with Gasteiger partial charge in [0.25, 0.3) is 6.43 Å². The molecule has 0 N–H and O–H groups in total. The van der Waals surface area contributed by atoms with Crippen LogP contribution in [0.15, 0.2) is 12.1 Å². The molecule has 0 unspecified atom stereocenters. The maximum atomic E-state index is 12.7. The number of alkyl halides is 2. The van der Waals surface area contributed by atoms with E-state index < -0.39 is 6.43 Å². The van der Waals surface area contributed by atoms with Crippen LogP contribution in [0.3, 0.4) is 0 Å². The third-order valence-electron chi connectivity index (χ3n) is 1.97. The second-order valence-electron chi connectivity index (χ2n) is 2.75. The number of ether oxygens (including phenoxy) is 3. The molecule has 5 heteroatoms. The third-order valence-corrected chi connectivity index (χ3v) is 1.97. The largest absolute Gasteiger partial charge is 0.496 e. The summed E-state index contributed by atoms with van der Waals surface area (Å²) < 4.78 is 40.0. The molecule has 1 rings (SSSR count). The zero-order valence-corrected chi connectivity index (χ0v) is 8.71. The van der Waals surface area contributed by atoms with Gasteiger partial charge in [-0.2, -0.15) is 0 Å². The quantitative estimate of drug-likeness (QED) is 0.777. The molecule has 0 aromatic heterocycles. The lowest BCUT2D eigenvalue weighted by Gasteiger charge is -2.13. The Kier molecular flexibility index (Phi) is 3.71. The van der Waals surface area contributed by atoms with E-state index in [0.717, 1.165) is 0 Å². The van der Waals surface area contributed by atoms with E-state index in [9.17, 15) is 8.78 Å². The first-order valence-electron chi connectivity index (χ1n) is 4.22. The Morgan fingerprint density at radius 1 is 0.933 bits per heavy atom. The van der Waals surface area contributed by atoms with Crippen molar-refractivity contribution in [3.05, 3.63) is 17.7 Å². The Morgan fingerprint density at radius 2 is 1.40 bits per heavy atom. The summed E-state index contributed by atoms with van der Waals surface area (Å²) in [6.45, 7) is 0.